The summed E-state index contributed by atoms with van der Waals surface area (Å²) >= 11 is 0. The van der Waals surface area contributed by atoms with Crippen LogP contribution in [0.5, 0.6) is 17.6 Å². The van der Waals surface area contributed by atoms with Crippen LogP contribution >= 0.6 is 0 Å². The Morgan fingerprint density at radius 1 is 1.14 bits per heavy atom. The van der Waals surface area contributed by atoms with Crippen LogP contribution in [0.1, 0.15) is 30.3 Å². The van der Waals surface area contributed by atoms with Crippen LogP contribution in [0.2, 0.25) is 0 Å². The Balaban J connectivity index is 1.39. The first-order chi connectivity index (χ1) is 16.9. The number of benzene rings is 1. The van der Waals surface area contributed by atoms with Crippen LogP contribution in [0.3, 0.4) is 0 Å². The number of hydrogen-bond donors (Lipinski definition) is 2. The summed E-state index contributed by atoms with van der Waals surface area (Å²) in [5.41, 5.74) is -0.958. The van der Waals surface area contributed by atoms with Crippen molar-refractivity contribution in [2.45, 2.75) is 37.5 Å². The fraction of sp³-hybridized carbons (Fsp3) is 0.550. The van der Waals surface area contributed by atoms with Gasteiger partial charge in [0.15, 0.2) is 6.61 Å². The number of nitrogens with one attached hydrogen (secondary N) is 2. The number of halogens is 6. The zero-order valence-corrected chi connectivity index (χ0v) is 18.7. The van der Waals surface area contributed by atoms with Crippen molar-refractivity contribution in [1.29, 1.82) is 0 Å². The van der Waals surface area contributed by atoms with E-state index in [1.165, 1.54) is 0 Å². The van der Waals surface area contributed by atoms with Gasteiger partial charge >= 0.3 is 18.6 Å². The molecule has 1 aliphatic rings. The van der Waals surface area contributed by atoms with Crippen molar-refractivity contribution >= 4 is 5.91 Å². The highest BCUT2D eigenvalue weighted by Crippen LogP contribution is 2.38. The highest BCUT2D eigenvalue weighted by molar-refractivity contribution is 5.77. The maximum Gasteiger partial charge on any atom is 0.522 e. The molecule has 1 aliphatic heterocycles. The zero-order valence-electron chi connectivity index (χ0n) is 18.7. The Bertz CT molecular complexity index is 1010. The number of nitrogens with zero attached hydrogens (tertiary/aromatic N) is 2. The van der Waals surface area contributed by atoms with E-state index >= 15 is 0 Å². The standard InChI is InChI=1S/C20H22F6N4O6/c1-32-15-8-12(3-4-13(15)19(21,22)23)34-10-16(31)28-11-2-5-14(27-9-11)17-29-30-18(36-17)33-6-7-35-20(24,25)26/h3-4,8,11,14,27H,2,5-7,9-10H2,1H3,(H,28,31)/t11-,14+/m0/s1. The molecule has 1 amide bonds. The van der Waals surface area contributed by atoms with E-state index in [9.17, 15) is 31.1 Å². The summed E-state index contributed by atoms with van der Waals surface area (Å²) in [6.45, 7) is -1.26. The van der Waals surface area contributed by atoms with Gasteiger partial charge in [0.25, 0.3) is 5.91 Å². The molecule has 1 aromatic heterocycles. The molecule has 1 aromatic carbocycles. The lowest BCUT2D eigenvalue weighted by Crippen LogP contribution is -2.48. The number of piperidine rings is 1. The van der Waals surface area contributed by atoms with Gasteiger partial charge in [-0.25, -0.2) is 0 Å². The highest BCUT2D eigenvalue weighted by Gasteiger charge is 2.34. The van der Waals surface area contributed by atoms with Gasteiger partial charge in [0.1, 0.15) is 18.1 Å². The van der Waals surface area contributed by atoms with Gasteiger partial charge in [0, 0.05) is 18.7 Å². The topological polar surface area (TPSA) is 117 Å². The summed E-state index contributed by atoms with van der Waals surface area (Å²) in [4.78, 5) is 12.2. The summed E-state index contributed by atoms with van der Waals surface area (Å²) in [6, 6.07) is 2.33. The molecule has 2 aromatic rings. The Hall–Kier alpha value is -3.27. The maximum absolute atomic E-state index is 12.9. The van der Waals surface area contributed by atoms with Gasteiger partial charge in [0.2, 0.25) is 5.89 Å². The predicted octanol–water partition coefficient (Wildman–Crippen LogP) is 3.00. The van der Waals surface area contributed by atoms with Crippen LogP contribution in [-0.4, -0.2) is 62.0 Å². The molecule has 0 saturated carbocycles. The van der Waals surface area contributed by atoms with E-state index in [0.717, 1.165) is 25.3 Å². The molecule has 0 aliphatic carbocycles. The number of carbonyl (C=O) groups excluding carboxylic acids is 1. The third kappa shape index (κ3) is 8.15. The van der Waals surface area contributed by atoms with Crippen LogP contribution in [0.4, 0.5) is 26.3 Å². The second-order valence-corrected chi connectivity index (χ2v) is 7.50. The van der Waals surface area contributed by atoms with E-state index in [0.29, 0.717) is 19.4 Å². The van der Waals surface area contributed by atoms with Gasteiger partial charge in [-0.1, -0.05) is 5.10 Å². The van der Waals surface area contributed by atoms with E-state index in [2.05, 4.69) is 25.6 Å². The highest BCUT2D eigenvalue weighted by atomic mass is 19.4. The third-order valence-corrected chi connectivity index (χ3v) is 4.92. The van der Waals surface area contributed by atoms with Crippen molar-refractivity contribution in [3.05, 3.63) is 29.7 Å². The molecule has 0 radical (unpaired) electrons. The lowest BCUT2D eigenvalue weighted by atomic mass is 10.0. The number of aromatic nitrogens is 2. The van der Waals surface area contributed by atoms with Crippen LogP contribution in [0.15, 0.2) is 22.6 Å². The van der Waals surface area contributed by atoms with Crippen molar-refractivity contribution in [2.75, 3.05) is 33.5 Å². The van der Waals surface area contributed by atoms with Crippen LogP contribution < -0.4 is 24.8 Å². The van der Waals surface area contributed by atoms with Crippen molar-refractivity contribution in [3.63, 3.8) is 0 Å². The predicted molar refractivity (Wildman–Crippen MR) is 107 cm³/mol. The monoisotopic (exact) mass is 528 g/mol. The maximum atomic E-state index is 12.9. The molecule has 2 atom stereocenters. The summed E-state index contributed by atoms with van der Waals surface area (Å²) in [5, 5.41) is 13.2. The normalized spacial score (nSPS) is 18.5. The van der Waals surface area contributed by atoms with Crippen molar-refractivity contribution in [1.82, 2.24) is 20.8 Å². The molecule has 2 heterocycles. The van der Waals surface area contributed by atoms with E-state index in [1.807, 2.05) is 0 Å². The number of amides is 1. The van der Waals surface area contributed by atoms with Gasteiger partial charge in [0.05, 0.1) is 25.3 Å². The average Bonchev–Trinajstić information content (AvgIpc) is 3.28. The summed E-state index contributed by atoms with van der Waals surface area (Å²) in [6.07, 6.45) is -8.64. The van der Waals surface area contributed by atoms with E-state index < -0.39 is 49.6 Å². The first-order valence-electron chi connectivity index (χ1n) is 10.5. The van der Waals surface area contributed by atoms with E-state index in [-0.39, 0.29) is 29.8 Å². The molecule has 0 unspecified atom stereocenters. The number of rotatable bonds is 10. The SMILES string of the molecule is COc1cc(OCC(=O)N[C@H]2CC[C@H](c3nnc(OCCOC(F)(F)F)o3)NC2)ccc1C(F)(F)F. The average molecular weight is 528 g/mol. The minimum atomic E-state index is -4.76. The Labute approximate surface area is 200 Å². The zero-order chi connectivity index (χ0) is 26.3. The van der Waals surface area contributed by atoms with Crippen LogP contribution in [0, 0.1) is 0 Å². The fourth-order valence-corrected chi connectivity index (χ4v) is 3.31. The molecule has 3 rings (SSSR count). The second kappa shape index (κ2) is 11.6. The summed E-state index contributed by atoms with van der Waals surface area (Å²) in [7, 11) is 1.10. The van der Waals surface area contributed by atoms with Gasteiger partial charge in [-0.2, -0.15) is 13.2 Å². The molecule has 1 saturated heterocycles. The molecule has 36 heavy (non-hydrogen) atoms. The molecule has 10 nitrogen and oxygen atoms in total. The number of carbonyl (C=O) groups is 1. The molecule has 0 bridgehead atoms. The molecular formula is C20H22F6N4O6. The number of alkyl halides is 6. The molecule has 2 N–H and O–H groups in total. The molecule has 0 spiro atoms. The minimum Gasteiger partial charge on any atom is -0.496 e. The Morgan fingerprint density at radius 2 is 1.92 bits per heavy atom. The van der Waals surface area contributed by atoms with E-state index in [4.69, 9.17) is 18.6 Å². The van der Waals surface area contributed by atoms with Crippen LogP contribution in [0.25, 0.3) is 0 Å². The number of ether oxygens (including phenoxy) is 4. The molecule has 16 heteroatoms. The summed E-state index contributed by atoms with van der Waals surface area (Å²) in [5.74, 6) is -0.692. The number of hydrogen-bond acceptors (Lipinski definition) is 9. The first-order valence-corrected chi connectivity index (χ1v) is 10.5. The third-order valence-electron chi connectivity index (χ3n) is 4.92. The largest absolute Gasteiger partial charge is 0.522 e. The van der Waals surface area contributed by atoms with Gasteiger partial charge in [-0.05, 0) is 25.0 Å². The molecule has 200 valence electrons. The van der Waals surface area contributed by atoms with E-state index in [1.54, 1.807) is 0 Å². The molecular weight excluding hydrogens is 506 g/mol. The Kier molecular flexibility index (Phi) is 8.84. The lowest BCUT2D eigenvalue weighted by Gasteiger charge is -2.28. The van der Waals surface area contributed by atoms with Gasteiger partial charge in [-0.15, -0.1) is 18.3 Å². The second-order valence-electron chi connectivity index (χ2n) is 7.50. The quantitative estimate of drug-likeness (QED) is 0.355. The van der Waals surface area contributed by atoms with Gasteiger partial charge in [-0.3, -0.25) is 9.53 Å². The van der Waals surface area contributed by atoms with Crippen molar-refractivity contribution in [2.24, 2.45) is 0 Å². The Morgan fingerprint density at radius 3 is 2.56 bits per heavy atom. The minimum absolute atomic E-state index is 0.0382. The van der Waals surface area contributed by atoms with Gasteiger partial charge < -0.3 is 29.3 Å². The number of methoxy groups -OCH3 is 1. The van der Waals surface area contributed by atoms with Crippen LogP contribution in [-0.2, 0) is 15.7 Å². The lowest BCUT2D eigenvalue weighted by molar-refractivity contribution is -0.325. The molecule has 1 fully saturated rings. The smallest absolute Gasteiger partial charge is 0.496 e. The van der Waals surface area contributed by atoms with Crippen molar-refractivity contribution in [3.8, 4) is 17.6 Å². The first kappa shape index (κ1) is 27.3. The summed E-state index contributed by atoms with van der Waals surface area (Å²) < 4.78 is 98.4. The fourth-order valence-electron chi connectivity index (χ4n) is 3.31. The van der Waals surface area contributed by atoms with Crippen molar-refractivity contribution < 1.29 is 54.5 Å².